The van der Waals surface area contributed by atoms with Gasteiger partial charge in [-0.2, -0.15) is 0 Å². The Morgan fingerprint density at radius 1 is 1.38 bits per heavy atom. The van der Waals surface area contributed by atoms with Crippen LogP contribution < -0.4 is 5.32 Å². The Bertz CT molecular complexity index is 333. The van der Waals surface area contributed by atoms with Gasteiger partial charge in [0, 0.05) is 6.20 Å². The molecule has 1 saturated heterocycles. The Balaban J connectivity index is 1.71. The van der Waals surface area contributed by atoms with Crippen molar-refractivity contribution < 1.29 is 4.79 Å². The number of carbonyl (C=O) groups excluding carboxylic acids is 1. The maximum Gasteiger partial charge on any atom is 0.234 e. The molecule has 0 unspecified atom stereocenters. The minimum atomic E-state index is 0.0903. The predicted octanol–water partition coefficient (Wildman–Crippen LogP) is 0.794. The van der Waals surface area contributed by atoms with Crippen molar-refractivity contribution >= 4 is 5.91 Å². The molecule has 0 atom stereocenters. The molecule has 1 aromatic rings. The summed E-state index contributed by atoms with van der Waals surface area (Å²) in [5, 5.41) is 2.88. The van der Waals surface area contributed by atoms with E-state index in [1.54, 1.807) is 6.20 Å². The van der Waals surface area contributed by atoms with E-state index in [9.17, 15) is 4.79 Å². The van der Waals surface area contributed by atoms with Crippen molar-refractivity contribution in [3.05, 3.63) is 30.1 Å². The number of nitrogens with one attached hydrogen (secondary N) is 1. The first kappa shape index (κ1) is 11.1. The number of likely N-dealkylation sites (tertiary alicyclic amines) is 1. The number of pyridine rings is 1. The van der Waals surface area contributed by atoms with Gasteiger partial charge in [-0.25, -0.2) is 0 Å². The van der Waals surface area contributed by atoms with Crippen LogP contribution in [0.15, 0.2) is 24.4 Å². The summed E-state index contributed by atoms with van der Waals surface area (Å²) in [4.78, 5) is 17.9. The normalized spacial score (nSPS) is 16.2. The minimum Gasteiger partial charge on any atom is -0.349 e. The topological polar surface area (TPSA) is 45.2 Å². The summed E-state index contributed by atoms with van der Waals surface area (Å²) in [6, 6.07) is 5.71. The van der Waals surface area contributed by atoms with E-state index >= 15 is 0 Å². The molecule has 0 radical (unpaired) electrons. The predicted molar refractivity (Wildman–Crippen MR) is 61.8 cm³/mol. The smallest absolute Gasteiger partial charge is 0.234 e. The van der Waals surface area contributed by atoms with Crippen molar-refractivity contribution in [3.63, 3.8) is 0 Å². The van der Waals surface area contributed by atoms with Crippen LogP contribution >= 0.6 is 0 Å². The molecule has 0 aromatic carbocycles. The first-order chi connectivity index (χ1) is 7.84. The van der Waals surface area contributed by atoms with Crippen molar-refractivity contribution in [3.8, 4) is 0 Å². The molecule has 2 rings (SSSR count). The number of hydrogen-bond donors (Lipinski definition) is 1. The van der Waals surface area contributed by atoms with Gasteiger partial charge >= 0.3 is 0 Å². The molecular weight excluding hydrogens is 202 g/mol. The number of amides is 1. The fourth-order valence-electron chi connectivity index (χ4n) is 1.89. The lowest BCUT2D eigenvalue weighted by atomic mass is 10.3. The zero-order chi connectivity index (χ0) is 11.2. The van der Waals surface area contributed by atoms with Gasteiger partial charge in [-0.15, -0.1) is 0 Å². The molecule has 1 fully saturated rings. The fraction of sp³-hybridized carbons (Fsp3) is 0.500. The molecule has 1 aliphatic rings. The Labute approximate surface area is 95.7 Å². The van der Waals surface area contributed by atoms with Crippen LogP contribution in [0.1, 0.15) is 18.5 Å². The maximum absolute atomic E-state index is 11.6. The molecule has 0 aliphatic carbocycles. The molecule has 0 bridgehead atoms. The van der Waals surface area contributed by atoms with Crippen LogP contribution in [0.4, 0.5) is 0 Å². The maximum atomic E-state index is 11.6. The zero-order valence-electron chi connectivity index (χ0n) is 9.35. The Morgan fingerprint density at radius 3 is 2.88 bits per heavy atom. The zero-order valence-corrected chi connectivity index (χ0v) is 9.35. The van der Waals surface area contributed by atoms with E-state index in [0.717, 1.165) is 18.8 Å². The number of aromatic nitrogens is 1. The van der Waals surface area contributed by atoms with Crippen molar-refractivity contribution in [1.82, 2.24) is 15.2 Å². The molecule has 4 nitrogen and oxygen atoms in total. The molecule has 1 aliphatic heterocycles. The molecular formula is C12H17N3O. The monoisotopic (exact) mass is 219 g/mol. The average molecular weight is 219 g/mol. The molecule has 2 heterocycles. The van der Waals surface area contributed by atoms with Crippen LogP contribution in [-0.4, -0.2) is 35.4 Å². The summed E-state index contributed by atoms with van der Waals surface area (Å²) in [5.41, 5.74) is 0.900. The standard InChI is InChI=1S/C12H17N3O/c16-12(10-15-7-3-4-8-15)14-9-11-5-1-2-6-13-11/h1-2,5-6H,3-4,7-10H2,(H,14,16). The van der Waals surface area contributed by atoms with Crippen molar-refractivity contribution in [2.75, 3.05) is 19.6 Å². The summed E-state index contributed by atoms with van der Waals surface area (Å²) < 4.78 is 0. The van der Waals surface area contributed by atoms with E-state index in [2.05, 4.69) is 15.2 Å². The fourth-order valence-corrected chi connectivity index (χ4v) is 1.89. The molecule has 4 heteroatoms. The largest absolute Gasteiger partial charge is 0.349 e. The van der Waals surface area contributed by atoms with Crippen LogP contribution in [0.3, 0.4) is 0 Å². The van der Waals surface area contributed by atoms with Crippen LogP contribution in [0.2, 0.25) is 0 Å². The molecule has 0 spiro atoms. The third-order valence-electron chi connectivity index (χ3n) is 2.76. The minimum absolute atomic E-state index is 0.0903. The number of hydrogen-bond acceptors (Lipinski definition) is 3. The second-order valence-electron chi connectivity index (χ2n) is 4.08. The number of nitrogens with zero attached hydrogens (tertiary/aromatic N) is 2. The highest BCUT2D eigenvalue weighted by Gasteiger charge is 2.14. The van der Waals surface area contributed by atoms with E-state index in [0.29, 0.717) is 13.1 Å². The van der Waals surface area contributed by atoms with Gasteiger partial charge in [-0.1, -0.05) is 6.07 Å². The lowest BCUT2D eigenvalue weighted by Crippen LogP contribution is -2.35. The summed E-state index contributed by atoms with van der Waals surface area (Å²) in [5.74, 6) is 0.0903. The summed E-state index contributed by atoms with van der Waals surface area (Å²) in [6.07, 6.45) is 4.17. The van der Waals surface area contributed by atoms with E-state index < -0.39 is 0 Å². The Morgan fingerprint density at radius 2 is 2.19 bits per heavy atom. The molecule has 0 saturated carbocycles. The molecule has 86 valence electrons. The van der Waals surface area contributed by atoms with Gasteiger partial charge in [0.2, 0.25) is 5.91 Å². The van der Waals surface area contributed by atoms with Crippen LogP contribution in [0, 0.1) is 0 Å². The second kappa shape index (κ2) is 5.61. The molecule has 16 heavy (non-hydrogen) atoms. The van der Waals surface area contributed by atoms with Crippen molar-refractivity contribution in [1.29, 1.82) is 0 Å². The van der Waals surface area contributed by atoms with Gasteiger partial charge in [0.05, 0.1) is 18.8 Å². The molecule has 1 N–H and O–H groups in total. The van der Waals surface area contributed by atoms with Gasteiger partial charge in [-0.05, 0) is 38.1 Å². The van der Waals surface area contributed by atoms with Gasteiger partial charge < -0.3 is 5.32 Å². The summed E-state index contributed by atoms with van der Waals surface area (Å²) in [6.45, 7) is 3.15. The number of carbonyl (C=O) groups is 1. The van der Waals surface area contributed by atoms with E-state index in [4.69, 9.17) is 0 Å². The SMILES string of the molecule is O=C(CN1CCCC1)NCc1ccccn1. The summed E-state index contributed by atoms with van der Waals surface area (Å²) in [7, 11) is 0. The van der Waals surface area contributed by atoms with Crippen LogP contribution in [0.25, 0.3) is 0 Å². The highest BCUT2D eigenvalue weighted by molar-refractivity contribution is 5.77. The Kier molecular flexibility index (Phi) is 3.88. The lowest BCUT2D eigenvalue weighted by Gasteiger charge is -2.13. The Hall–Kier alpha value is -1.42. The number of rotatable bonds is 4. The molecule has 1 amide bonds. The molecule has 1 aromatic heterocycles. The van der Waals surface area contributed by atoms with Gasteiger partial charge in [0.25, 0.3) is 0 Å². The van der Waals surface area contributed by atoms with E-state index in [-0.39, 0.29) is 5.91 Å². The van der Waals surface area contributed by atoms with Crippen LogP contribution in [-0.2, 0) is 11.3 Å². The third-order valence-corrected chi connectivity index (χ3v) is 2.76. The van der Waals surface area contributed by atoms with E-state index in [1.807, 2.05) is 18.2 Å². The summed E-state index contributed by atoms with van der Waals surface area (Å²) >= 11 is 0. The lowest BCUT2D eigenvalue weighted by molar-refractivity contribution is -0.122. The van der Waals surface area contributed by atoms with Gasteiger partial charge in [0.1, 0.15) is 0 Å². The first-order valence-electron chi connectivity index (χ1n) is 5.73. The first-order valence-corrected chi connectivity index (χ1v) is 5.73. The highest BCUT2D eigenvalue weighted by atomic mass is 16.2. The van der Waals surface area contributed by atoms with Crippen molar-refractivity contribution in [2.24, 2.45) is 0 Å². The van der Waals surface area contributed by atoms with Gasteiger partial charge in [-0.3, -0.25) is 14.7 Å². The second-order valence-corrected chi connectivity index (χ2v) is 4.08. The quantitative estimate of drug-likeness (QED) is 0.814. The van der Waals surface area contributed by atoms with Crippen molar-refractivity contribution in [2.45, 2.75) is 19.4 Å². The highest BCUT2D eigenvalue weighted by Crippen LogP contribution is 2.05. The van der Waals surface area contributed by atoms with E-state index in [1.165, 1.54) is 12.8 Å². The van der Waals surface area contributed by atoms with Gasteiger partial charge in [0.15, 0.2) is 0 Å². The van der Waals surface area contributed by atoms with Crippen LogP contribution in [0.5, 0.6) is 0 Å². The third kappa shape index (κ3) is 3.31. The average Bonchev–Trinajstić information content (AvgIpc) is 2.81.